The van der Waals surface area contributed by atoms with Crippen LogP contribution in [0.2, 0.25) is 0 Å². The molecule has 2 aromatic carbocycles. The average molecular weight is 370 g/mol. The molecule has 1 N–H and O–H groups in total. The molecule has 0 spiro atoms. The van der Waals surface area contributed by atoms with Gasteiger partial charge in [0.1, 0.15) is 5.82 Å². The number of anilines is 2. The maximum Gasteiger partial charge on any atom is 0.338 e. The molecule has 0 aromatic heterocycles. The molecule has 0 aliphatic carbocycles. The van der Waals surface area contributed by atoms with Crippen LogP contribution in [0.25, 0.3) is 0 Å². The summed E-state index contributed by atoms with van der Waals surface area (Å²) >= 11 is 0. The monoisotopic (exact) mass is 370 g/mol. The maximum atomic E-state index is 12.9. The third-order valence-corrected chi connectivity index (χ3v) is 4.25. The van der Waals surface area contributed by atoms with Gasteiger partial charge in [0.15, 0.2) is 6.10 Å². The highest BCUT2D eigenvalue weighted by Gasteiger charge is 2.23. The lowest BCUT2D eigenvalue weighted by molar-refractivity contribution is -0.123. The molecule has 0 unspecified atom stereocenters. The van der Waals surface area contributed by atoms with Crippen LogP contribution in [0.4, 0.5) is 15.8 Å². The van der Waals surface area contributed by atoms with Gasteiger partial charge < -0.3 is 15.0 Å². The number of benzene rings is 2. The van der Waals surface area contributed by atoms with Gasteiger partial charge in [-0.25, -0.2) is 9.18 Å². The van der Waals surface area contributed by atoms with Gasteiger partial charge in [-0.1, -0.05) is 0 Å². The first-order valence-electron chi connectivity index (χ1n) is 8.62. The molecule has 2 amide bonds. The van der Waals surface area contributed by atoms with Gasteiger partial charge in [-0.15, -0.1) is 0 Å². The summed E-state index contributed by atoms with van der Waals surface area (Å²) in [6, 6.07) is 11.8. The van der Waals surface area contributed by atoms with E-state index in [1.54, 1.807) is 29.2 Å². The van der Waals surface area contributed by atoms with Gasteiger partial charge in [0, 0.05) is 24.3 Å². The fraction of sp³-hybridized carbons (Fsp3) is 0.250. The number of amides is 2. The van der Waals surface area contributed by atoms with E-state index in [0.29, 0.717) is 18.7 Å². The zero-order chi connectivity index (χ0) is 19.4. The van der Waals surface area contributed by atoms with Crippen molar-refractivity contribution in [2.75, 3.05) is 16.8 Å². The lowest BCUT2D eigenvalue weighted by Gasteiger charge is -2.16. The Kier molecular flexibility index (Phi) is 5.49. The zero-order valence-corrected chi connectivity index (χ0v) is 14.8. The van der Waals surface area contributed by atoms with Gasteiger partial charge in [0.05, 0.1) is 5.56 Å². The van der Waals surface area contributed by atoms with Crippen molar-refractivity contribution >= 4 is 29.2 Å². The SMILES string of the molecule is C[C@H](OC(=O)c1ccc(N2CCCC2=O)cc1)C(=O)Nc1ccc(F)cc1. The van der Waals surface area contributed by atoms with Gasteiger partial charge >= 0.3 is 5.97 Å². The number of nitrogens with one attached hydrogen (secondary N) is 1. The molecular formula is C20H19FN2O4. The van der Waals surface area contributed by atoms with E-state index in [4.69, 9.17) is 4.74 Å². The Bertz CT molecular complexity index is 849. The normalized spacial score (nSPS) is 14.7. The van der Waals surface area contributed by atoms with E-state index in [1.807, 2.05) is 0 Å². The lowest BCUT2D eigenvalue weighted by atomic mass is 10.2. The van der Waals surface area contributed by atoms with Crippen molar-refractivity contribution in [3.63, 3.8) is 0 Å². The minimum Gasteiger partial charge on any atom is -0.449 e. The van der Waals surface area contributed by atoms with E-state index in [9.17, 15) is 18.8 Å². The Labute approximate surface area is 155 Å². The van der Waals surface area contributed by atoms with Crippen molar-refractivity contribution in [2.24, 2.45) is 0 Å². The molecule has 1 fully saturated rings. The summed E-state index contributed by atoms with van der Waals surface area (Å²) in [6.45, 7) is 2.12. The molecule has 140 valence electrons. The summed E-state index contributed by atoms with van der Waals surface area (Å²) in [4.78, 5) is 37.7. The Balaban J connectivity index is 1.58. The number of esters is 1. The average Bonchev–Trinajstić information content (AvgIpc) is 3.09. The second-order valence-electron chi connectivity index (χ2n) is 6.24. The molecule has 0 saturated carbocycles. The highest BCUT2D eigenvalue weighted by molar-refractivity contribution is 5.98. The first-order valence-corrected chi connectivity index (χ1v) is 8.62. The second-order valence-corrected chi connectivity index (χ2v) is 6.24. The molecule has 7 heteroatoms. The number of nitrogens with zero attached hydrogens (tertiary/aromatic N) is 1. The minimum atomic E-state index is -1.03. The highest BCUT2D eigenvalue weighted by Crippen LogP contribution is 2.22. The zero-order valence-electron chi connectivity index (χ0n) is 14.8. The Morgan fingerprint density at radius 2 is 1.78 bits per heavy atom. The number of ether oxygens (including phenoxy) is 1. The molecular weight excluding hydrogens is 351 g/mol. The third-order valence-electron chi connectivity index (χ3n) is 4.25. The molecule has 1 heterocycles. The van der Waals surface area contributed by atoms with Crippen LogP contribution in [0, 0.1) is 5.82 Å². The lowest BCUT2D eigenvalue weighted by Crippen LogP contribution is -2.30. The smallest absolute Gasteiger partial charge is 0.338 e. The highest BCUT2D eigenvalue weighted by atomic mass is 19.1. The number of hydrogen-bond acceptors (Lipinski definition) is 4. The summed E-state index contributed by atoms with van der Waals surface area (Å²) in [5.41, 5.74) is 1.42. The van der Waals surface area contributed by atoms with Crippen molar-refractivity contribution in [3.05, 3.63) is 59.9 Å². The van der Waals surface area contributed by atoms with Crippen molar-refractivity contribution in [3.8, 4) is 0 Å². The molecule has 2 aromatic rings. The predicted molar refractivity (Wildman–Crippen MR) is 97.9 cm³/mol. The van der Waals surface area contributed by atoms with Crippen LogP contribution in [0.1, 0.15) is 30.1 Å². The summed E-state index contributed by atoms with van der Waals surface area (Å²) < 4.78 is 18.1. The Hall–Kier alpha value is -3.22. The van der Waals surface area contributed by atoms with E-state index in [2.05, 4.69) is 5.32 Å². The Morgan fingerprint density at radius 3 is 2.37 bits per heavy atom. The molecule has 1 aliphatic heterocycles. The van der Waals surface area contributed by atoms with E-state index < -0.39 is 23.8 Å². The number of carbonyl (C=O) groups excluding carboxylic acids is 3. The van der Waals surface area contributed by atoms with E-state index >= 15 is 0 Å². The summed E-state index contributed by atoms with van der Waals surface area (Å²) in [5.74, 6) is -1.51. The Morgan fingerprint density at radius 1 is 1.11 bits per heavy atom. The van der Waals surface area contributed by atoms with Gasteiger partial charge in [0.25, 0.3) is 5.91 Å². The van der Waals surface area contributed by atoms with Crippen LogP contribution < -0.4 is 10.2 Å². The summed E-state index contributed by atoms with van der Waals surface area (Å²) in [6.07, 6.45) is 0.329. The minimum absolute atomic E-state index is 0.0661. The van der Waals surface area contributed by atoms with Crippen LogP contribution in [0.5, 0.6) is 0 Å². The standard InChI is InChI=1S/C20H19FN2O4/c1-13(19(25)22-16-8-6-15(21)7-9-16)27-20(26)14-4-10-17(11-5-14)23-12-2-3-18(23)24/h4-11,13H,2-3,12H2,1H3,(H,22,25)/t13-/m0/s1. The molecule has 1 saturated heterocycles. The van der Waals surface area contributed by atoms with Crippen LogP contribution >= 0.6 is 0 Å². The number of rotatable bonds is 5. The van der Waals surface area contributed by atoms with Gasteiger partial charge in [-0.3, -0.25) is 9.59 Å². The molecule has 27 heavy (non-hydrogen) atoms. The fourth-order valence-corrected chi connectivity index (χ4v) is 2.76. The third kappa shape index (κ3) is 4.49. The topological polar surface area (TPSA) is 75.7 Å². The van der Waals surface area contributed by atoms with Crippen molar-refractivity contribution < 1.29 is 23.5 Å². The summed E-state index contributed by atoms with van der Waals surface area (Å²) in [7, 11) is 0. The quantitative estimate of drug-likeness (QED) is 0.821. The molecule has 0 bridgehead atoms. The molecule has 6 nitrogen and oxygen atoms in total. The van der Waals surface area contributed by atoms with Crippen molar-refractivity contribution in [2.45, 2.75) is 25.9 Å². The largest absolute Gasteiger partial charge is 0.449 e. The van der Waals surface area contributed by atoms with Gasteiger partial charge in [-0.05, 0) is 61.9 Å². The van der Waals surface area contributed by atoms with Crippen molar-refractivity contribution in [1.82, 2.24) is 0 Å². The maximum absolute atomic E-state index is 12.9. The number of halogens is 1. The van der Waals surface area contributed by atoms with Crippen LogP contribution in [-0.4, -0.2) is 30.4 Å². The summed E-state index contributed by atoms with van der Waals surface area (Å²) in [5, 5.41) is 2.55. The van der Waals surface area contributed by atoms with Crippen LogP contribution in [0.15, 0.2) is 48.5 Å². The number of carbonyl (C=O) groups is 3. The number of hydrogen-bond donors (Lipinski definition) is 1. The first kappa shape index (κ1) is 18.6. The predicted octanol–water partition coefficient (Wildman–Crippen LogP) is 3.14. The van der Waals surface area contributed by atoms with Crippen LogP contribution in [0.3, 0.4) is 0 Å². The van der Waals surface area contributed by atoms with Crippen LogP contribution in [-0.2, 0) is 14.3 Å². The molecule has 3 rings (SSSR count). The van der Waals surface area contributed by atoms with Crippen molar-refractivity contribution in [1.29, 1.82) is 0 Å². The van der Waals surface area contributed by atoms with E-state index in [1.165, 1.54) is 31.2 Å². The first-order chi connectivity index (χ1) is 12.9. The van der Waals surface area contributed by atoms with Gasteiger partial charge in [-0.2, -0.15) is 0 Å². The molecule has 1 atom stereocenters. The van der Waals surface area contributed by atoms with E-state index in [-0.39, 0.29) is 11.5 Å². The fourth-order valence-electron chi connectivity index (χ4n) is 2.76. The molecule has 1 aliphatic rings. The van der Waals surface area contributed by atoms with Gasteiger partial charge in [0.2, 0.25) is 5.91 Å². The molecule has 0 radical (unpaired) electrons. The second kappa shape index (κ2) is 7.99. The van der Waals surface area contributed by atoms with E-state index in [0.717, 1.165) is 12.1 Å².